The molecular formula is C30H44N4O3. The Balaban J connectivity index is 1.77. The highest BCUT2D eigenvalue weighted by atomic mass is 16.3. The van der Waals surface area contributed by atoms with Crippen LogP contribution >= 0.6 is 0 Å². The molecule has 1 aliphatic carbocycles. The smallest absolute Gasteiger partial charge is 0.231 e. The number of nitrogens with two attached hydrogens (primary N) is 1. The minimum absolute atomic E-state index is 0.169. The molecule has 1 heterocycles. The van der Waals surface area contributed by atoms with Crippen LogP contribution in [0.2, 0.25) is 0 Å². The number of aromatic nitrogens is 2. The molecule has 1 saturated carbocycles. The van der Waals surface area contributed by atoms with Crippen molar-refractivity contribution in [2.24, 2.45) is 23.5 Å². The molecule has 0 unspecified atom stereocenters. The molecule has 0 radical (unpaired) electrons. The zero-order chi connectivity index (χ0) is 26.6. The molecule has 37 heavy (non-hydrogen) atoms. The Bertz CT molecular complexity index is 956. The van der Waals surface area contributed by atoms with Gasteiger partial charge in [0.25, 0.3) is 0 Å². The molecule has 0 saturated heterocycles. The first-order chi connectivity index (χ1) is 17.9. The van der Waals surface area contributed by atoms with Crippen molar-refractivity contribution in [3.63, 3.8) is 0 Å². The van der Waals surface area contributed by atoms with Gasteiger partial charge in [0.15, 0.2) is 5.78 Å². The maximum Gasteiger partial charge on any atom is 0.231 e. The van der Waals surface area contributed by atoms with Crippen molar-refractivity contribution in [1.29, 1.82) is 0 Å². The Labute approximate surface area is 221 Å². The number of benzene rings is 1. The quantitative estimate of drug-likeness (QED) is 0.213. The number of allylic oxidation sites excluding steroid dienone is 1. The number of amides is 1. The van der Waals surface area contributed by atoms with Crippen LogP contribution in [0.15, 0.2) is 55.5 Å². The van der Waals surface area contributed by atoms with Crippen LogP contribution in [-0.2, 0) is 22.4 Å². The minimum Gasteiger partial charge on any atom is -0.391 e. The van der Waals surface area contributed by atoms with Gasteiger partial charge in [0.2, 0.25) is 5.91 Å². The van der Waals surface area contributed by atoms with E-state index >= 15 is 0 Å². The third kappa shape index (κ3) is 8.93. The number of H-pyrrole nitrogens is 1. The molecule has 5 atom stereocenters. The lowest BCUT2D eigenvalue weighted by atomic mass is 9.82. The number of aliphatic hydroxyl groups excluding tert-OH is 1. The zero-order valence-electron chi connectivity index (χ0n) is 22.1. The van der Waals surface area contributed by atoms with Crippen molar-refractivity contribution >= 4 is 11.7 Å². The molecule has 3 rings (SSSR count). The number of carbonyl (C=O) groups excluding carboxylic acids is 2. The molecule has 7 heteroatoms. The van der Waals surface area contributed by atoms with Crippen molar-refractivity contribution in [2.75, 3.05) is 0 Å². The fourth-order valence-corrected chi connectivity index (χ4v) is 5.45. The largest absolute Gasteiger partial charge is 0.391 e. The Hall–Kier alpha value is -2.77. The molecule has 2 aromatic rings. The van der Waals surface area contributed by atoms with Crippen LogP contribution in [-0.4, -0.2) is 45.0 Å². The number of aromatic amines is 1. The van der Waals surface area contributed by atoms with Crippen LogP contribution in [0.4, 0.5) is 0 Å². The third-order valence-electron chi connectivity index (χ3n) is 7.81. The lowest BCUT2D eigenvalue weighted by Crippen LogP contribution is -2.51. The van der Waals surface area contributed by atoms with Gasteiger partial charge < -0.3 is 21.1 Å². The molecule has 0 spiro atoms. The van der Waals surface area contributed by atoms with Crippen molar-refractivity contribution in [1.82, 2.24) is 15.3 Å². The number of Topliss-reactive ketones (excluding diaryl/α,β-unsaturated/α-hetero) is 1. The van der Waals surface area contributed by atoms with Crippen LogP contribution < -0.4 is 11.1 Å². The monoisotopic (exact) mass is 508 g/mol. The van der Waals surface area contributed by atoms with Gasteiger partial charge in [-0.1, -0.05) is 75.4 Å². The van der Waals surface area contributed by atoms with Gasteiger partial charge in [0.1, 0.15) is 5.92 Å². The van der Waals surface area contributed by atoms with Gasteiger partial charge in [0, 0.05) is 18.3 Å². The van der Waals surface area contributed by atoms with E-state index in [-0.39, 0.29) is 24.0 Å². The molecule has 0 bridgehead atoms. The highest BCUT2D eigenvalue weighted by Gasteiger charge is 2.35. The van der Waals surface area contributed by atoms with Crippen LogP contribution in [0.25, 0.3) is 0 Å². The van der Waals surface area contributed by atoms with Crippen LogP contribution in [0, 0.1) is 17.8 Å². The zero-order valence-corrected chi connectivity index (χ0v) is 22.1. The van der Waals surface area contributed by atoms with Gasteiger partial charge in [-0.05, 0) is 43.1 Å². The molecule has 1 fully saturated rings. The summed E-state index contributed by atoms with van der Waals surface area (Å²) in [5.41, 5.74) is 7.99. The molecule has 0 aliphatic heterocycles. The van der Waals surface area contributed by atoms with Crippen molar-refractivity contribution < 1.29 is 14.7 Å². The number of rotatable bonds is 15. The molecule has 1 aromatic carbocycles. The number of ketones is 1. The van der Waals surface area contributed by atoms with E-state index in [0.29, 0.717) is 30.9 Å². The Morgan fingerprint density at radius 2 is 1.95 bits per heavy atom. The number of nitrogens with zero attached hydrogens (tertiary/aromatic N) is 1. The summed E-state index contributed by atoms with van der Waals surface area (Å²) in [6.45, 7) is 5.97. The van der Waals surface area contributed by atoms with Gasteiger partial charge in [-0.3, -0.25) is 9.59 Å². The average Bonchev–Trinajstić information content (AvgIpc) is 3.44. The predicted molar refractivity (Wildman–Crippen MR) is 147 cm³/mol. The van der Waals surface area contributed by atoms with E-state index in [4.69, 9.17) is 5.73 Å². The van der Waals surface area contributed by atoms with E-state index < -0.39 is 24.1 Å². The van der Waals surface area contributed by atoms with E-state index in [9.17, 15) is 14.7 Å². The van der Waals surface area contributed by atoms with E-state index in [2.05, 4.69) is 28.8 Å². The number of imidazole rings is 1. The molecule has 1 amide bonds. The van der Waals surface area contributed by atoms with Crippen molar-refractivity contribution in [3.05, 3.63) is 66.8 Å². The number of carbonyl (C=O) groups is 2. The maximum atomic E-state index is 13.7. The lowest BCUT2D eigenvalue weighted by Gasteiger charge is -2.32. The Kier molecular flexibility index (Phi) is 11.5. The highest BCUT2D eigenvalue weighted by Crippen LogP contribution is 2.29. The maximum absolute atomic E-state index is 13.7. The second kappa shape index (κ2) is 14.8. The Morgan fingerprint density at radius 3 is 2.57 bits per heavy atom. The normalized spacial score (nSPS) is 18.4. The first-order valence-corrected chi connectivity index (χ1v) is 13.8. The average molecular weight is 509 g/mol. The molecule has 202 valence electrons. The molecule has 1 aliphatic rings. The second-order valence-electron chi connectivity index (χ2n) is 10.6. The number of aliphatic hydroxyl groups is 1. The van der Waals surface area contributed by atoms with E-state index in [1.165, 1.54) is 25.6 Å². The van der Waals surface area contributed by atoms with E-state index in [0.717, 1.165) is 24.8 Å². The predicted octanol–water partition coefficient (Wildman–Crippen LogP) is 4.13. The summed E-state index contributed by atoms with van der Waals surface area (Å²) in [7, 11) is 0. The summed E-state index contributed by atoms with van der Waals surface area (Å²) < 4.78 is 0. The fraction of sp³-hybridized carbons (Fsp3) is 0.567. The van der Waals surface area contributed by atoms with E-state index in [1.54, 1.807) is 6.20 Å². The minimum atomic E-state index is -0.971. The summed E-state index contributed by atoms with van der Waals surface area (Å²) in [6.07, 6.45) is 12.8. The summed E-state index contributed by atoms with van der Waals surface area (Å²) in [5.74, 6) is -1.03. The standard InChI is InChI=1S/C30H44N4O3/c1-3-21(4-2)17-28(35)27(16-23-13-9-6-10-14-23)34-30(37)25(18-24-19-32-20-33-24)29(36)26(31)15-22-11-7-5-8-12-22/h3,5,7-8,11-12,19-21,23,25-28,35H,1,4,6,9-10,13-18,31H2,2H3,(H,32,33)(H,34,37)/t21-,25+,26+,27+,28+/m1/s1. The molecular weight excluding hydrogens is 464 g/mol. The van der Waals surface area contributed by atoms with Crippen LogP contribution in [0.1, 0.15) is 69.5 Å². The van der Waals surface area contributed by atoms with Crippen molar-refractivity contribution in [2.45, 2.75) is 89.3 Å². The fourth-order valence-electron chi connectivity index (χ4n) is 5.45. The van der Waals surface area contributed by atoms with Gasteiger partial charge >= 0.3 is 0 Å². The molecule has 1 aromatic heterocycles. The van der Waals surface area contributed by atoms with Crippen molar-refractivity contribution in [3.8, 4) is 0 Å². The topological polar surface area (TPSA) is 121 Å². The third-order valence-corrected chi connectivity index (χ3v) is 7.81. The first kappa shape index (κ1) is 28.8. The summed E-state index contributed by atoms with van der Waals surface area (Å²) in [5, 5.41) is 14.3. The number of hydrogen-bond donors (Lipinski definition) is 4. The van der Waals surface area contributed by atoms with Gasteiger partial charge in [-0.2, -0.15) is 0 Å². The number of hydrogen-bond acceptors (Lipinski definition) is 5. The van der Waals surface area contributed by atoms with Gasteiger partial charge in [-0.25, -0.2) is 4.98 Å². The Morgan fingerprint density at radius 1 is 1.22 bits per heavy atom. The summed E-state index contributed by atoms with van der Waals surface area (Å²) in [6, 6.07) is 8.35. The summed E-state index contributed by atoms with van der Waals surface area (Å²) >= 11 is 0. The van der Waals surface area contributed by atoms with E-state index in [1.807, 2.05) is 36.4 Å². The van der Waals surface area contributed by atoms with Crippen LogP contribution in [0.3, 0.4) is 0 Å². The SMILES string of the molecule is C=C[C@H](CC)C[C@H](O)[C@H](CC1CCCCC1)NC(=O)[C@@H](Cc1cnc[nH]1)C(=O)[C@@H](N)Cc1ccccc1. The first-order valence-electron chi connectivity index (χ1n) is 13.8. The summed E-state index contributed by atoms with van der Waals surface area (Å²) in [4.78, 5) is 34.3. The van der Waals surface area contributed by atoms with Gasteiger partial charge in [0.05, 0.1) is 24.5 Å². The number of nitrogens with one attached hydrogen (secondary N) is 2. The second-order valence-corrected chi connectivity index (χ2v) is 10.6. The molecule has 5 N–H and O–H groups in total. The molecule has 7 nitrogen and oxygen atoms in total. The highest BCUT2D eigenvalue weighted by molar-refractivity contribution is 6.04. The van der Waals surface area contributed by atoms with Crippen LogP contribution in [0.5, 0.6) is 0 Å². The lowest BCUT2D eigenvalue weighted by molar-refractivity contribution is -0.136. The van der Waals surface area contributed by atoms with Gasteiger partial charge in [-0.15, -0.1) is 6.58 Å².